The summed E-state index contributed by atoms with van der Waals surface area (Å²) < 4.78 is 0. The molecule has 2 aliphatic rings. The first-order valence-corrected chi connectivity index (χ1v) is 5.07. The molecule has 0 aromatic carbocycles. The fraction of sp³-hybridized carbons (Fsp3) is 0.900. The number of hydrogen-bond donors (Lipinski definition) is 2. The molecule has 0 aromatic rings. The molecule has 3 heteroatoms. The number of carboxylic acid groups (broad SMARTS) is 1. The maximum Gasteiger partial charge on any atom is 0.303 e. The molecule has 13 heavy (non-hydrogen) atoms. The Balaban J connectivity index is 2.09. The first-order chi connectivity index (χ1) is 6.13. The van der Waals surface area contributed by atoms with E-state index < -0.39 is 11.6 Å². The lowest BCUT2D eigenvalue weighted by Gasteiger charge is -2.28. The summed E-state index contributed by atoms with van der Waals surface area (Å²) in [5.74, 6) is -0.375. The summed E-state index contributed by atoms with van der Waals surface area (Å²) >= 11 is 0. The van der Waals surface area contributed by atoms with Crippen molar-refractivity contribution in [2.45, 2.75) is 44.1 Å². The predicted octanol–water partition coefficient (Wildman–Crippen LogP) is 1.40. The predicted molar refractivity (Wildman–Crippen MR) is 47.3 cm³/mol. The minimum Gasteiger partial charge on any atom is -0.481 e. The van der Waals surface area contributed by atoms with Crippen molar-refractivity contribution in [3.63, 3.8) is 0 Å². The Kier molecular flexibility index (Phi) is 2.06. The van der Waals surface area contributed by atoms with Crippen LogP contribution in [0.1, 0.15) is 38.5 Å². The third-order valence-electron chi connectivity index (χ3n) is 3.83. The Morgan fingerprint density at radius 1 is 1.38 bits per heavy atom. The quantitative estimate of drug-likeness (QED) is 0.682. The molecule has 0 spiro atoms. The van der Waals surface area contributed by atoms with Gasteiger partial charge in [-0.1, -0.05) is 6.42 Å². The molecule has 0 amide bonds. The van der Waals surface area contributed by atoms with E-state index in [0.717, 1.165) is 32.1 Å². The van der Waals surface area contributed by atoms with Crippen LogP contribution in [0.25, 0.3) is 0 Å². The number of carbonyl (C=O) groups is 1. The van der Waals surface area contributed by atoms with E-state index in [-0.39, 0.29) is 12.3 Å². The minimum atomic E-state index is -0.772. The number of carboxylic acids is 1. The van der Waals surface area contributed by atoms with Crippen molar-refractivity contribution in [1.82, 2.24) is 0 Å². The number of fused-ring (bicyclic) bond motifs is 1. The van der Waals surface area contributed by atoms with E-state index in [1.165, 1.54) is 0 Å². The van der Waals surface area contributed by atoms with Gasteiger partial charge >= 0.3 is 5.97 Å². The van der Waals surface area contributed by atoms with Gasteiger partial charge in [-0.15, -0.1) is 0 Å². The van der Waals surface area contributed by atoms with E-state index in [4.69, 9.17) is 5.11 Å². The fourth-order valence-corrected chi connectivity index (χ4v) is 3.16. The summed E-state index contributed by atoms with van der Waals surface area (Å²) in [4.78, 5) is 10.6. The van der Waals surface area contributed by atoms with Crippen LogP contribution in [0.2, 0.25) is 0 Å². The zero-order valence-corrected chi connectivity index (χ0v) is 7.70. The normalized spacial score (nSPS) is 43.5. The summed E-state index contributed by atoms with van der Waals surface area (Å²) in [7, 11) is 0. The van der Waals surface area contributed by atoms with E-state index in [0.29, 0.717) is 5.92 Å². The molecule has 3 nitrogen and oxygen atoms in total. The molecule has 2 rings (SSSR count). The van der Waals surface area contributed by atoms with Gasteiger partial charge in [-0.25, -0.2) is 0 Å². The second-order valence-corrected chi connectivity index (χ2v) is 4.45. The van der Waals surface area contributed by atoms with Crippen molar-refractivity contribution in [2.75, 3.05) is 0 Å². The Bertz CT molecular complexity index is 226. The lowest BCUT2D eigenvalue weighted by atomic mass is 9.84. The van der Waals surface area contributed by atoms with Crippen LogP contribution in [0.4, 0.5) is 0 Å². The van der Waals surface area contributed by atoms with Gasteiger partial charge in [0.25, 0.3) is 0 Å². The van der Waals surface area contributed by atoms with Gasteiger partial charge in [-0.3, -0.25) is 4.79 Å². The summed E-state index contributed by atoms with van der Waals surface area (Å²) in [6.45, 7) is 0. The first-order valence-electron chi connectivity index (χ1n) is 5.07. The fourth-order valence-electron chi connectivity index (χ4n) is 3.16. The van der Waals surface area contributed by atoms with Crippen LogP contribution < -0.4 is 0 Å². The maximum absolute atomic E-state index is 10.6. The Morgan fingerprint density at radius 3 is 2.85 bits per heavy atom. The summed E-state index contributed by atoms with van der Waals surface area (Å²) in [6, 6.07) is 0. The number of aliphatic carboxylic acids is 1. The number of aliphatic hydroxyl groups is 1. The third-order valence-corrected chi connectivity index (χ3v) is 3.83. The molecular formula is C10H16O3. The maximum atomic E-state index is 10.6. The highest BCUT2D eigenvalue weighted by Gasteiger charge is 2.51. The molecule has 3 atom stereocenters. The number of rotatable bonds is 2. The van der Waals surface area contributed by atoms with E-state index in [9.17, 15) is 9.90 Å². The molecule has 0 bridgehead atoms. The van der Waals surface area contributed by atoms with Crippen LogP contribution in [-0.2, 0) is 4.79 Å². The number of hydrogen-bond acceptors (Lipinski definition) is 2. The van der Waals surface area contributed by atoms with E-state index >= 15 is 0 Å². The molecule has 0 heterocycles. The average molecular weight is 184 g/mol. The van der Waals surface area contributed by atoms with Crippen LogP contribution in [0.3, 0.4) is 0 Å². The van der Waals surface area contributed by atoms with Gasteiger partial charge in [-0.05, 0) is 37.5 Å². The third kappa shape index (κ3) is 1.35. The molecular weight excluding hydrogens is 168 g/mol. The Labute approximate surface area is 77.8 Å². The molecule has 0 saturated heterocycles. The average Bonchev–Trinajstić information content (AvgIpc) is 2.51. The molecule has 0 aromatic heterocycles. The summed E-state index contributed by atoms with van der Waals surface area (Å²) in [5, 5.41) is 19.0. The topological polar surface area (TPSA) is 57.5 Å². The highest BCUT2D eigenvalue weighted by atomic mass is 16.4. The molecule has 2 aliphatic carbocycles. The Hall–Kier alpha value is -0.570. The molecule has 74 valence electrons. The van der Waals surface area contributed by atoms with Crippen LogP contribution in [0.15, 0.2) is 0 Å². The standard InChI is InChI=1S/C10H16O3/c11-9(12)6-8-4-3-7-2-1-5-10(7,8)13/h7-8,13H,1-6H2,(H,11,12)/t7-,8-,10+/m0/s1. The second-order valence-electron chi connectivity index (χ2n) is 4.45. The van der Waals surface area contributed by atoms with Gasteiger partial charge in [0.05, 0.1) is 12.0 Å². The van der Waals surface area contributed by atoms with E-state index in [2.05, 4.69) is 0 Å². The van der Waals surface area contributed by atoms with Gasteiger partial charge in [0, 0.05) is 0 Å². The van der Waals surface area contributed by atoms with Gasteiger partial charge in [0.15, 0.2) is 0 Å². The molecule has 0 aliphatic heterocycles. The van der Waals surface area contributed by atoms with E-state index in [1.807, 2.05) is 0 Å². The lowest BCUT2D eigenvalue weighted by molar-refractivity contribution is -0.140. The van der Waals surface area contributed by atoms with Gasteiger partial charge in [0.1, 0.15) is 0 Å². The van der Waals surface area contributed by atoms with Crippen molar-refractivity contribution in [3.05, 3.63) is 0 Å². The zero-order chi connectivity index (χ0) is 9.47. The molecule has 0 unspecified atom stereocenters. The molecule has 0 radical (unpaired) electrons. The largest absolute Gasteiger partial charge is 0.481 e. The minimum absolute atomic E-state index is 0.0116. The SMILES string of the molecule is O=C(O)C[C@@H]1CC[C@@H]2CCC[C@@]21O. The monoisotopic (exact) mass is 184 g/mol. The van der Waals surface area contributed by atoms with E-state index in [1.54, 1.807) is 0 Å². The lowest BCUT2D eigenvalue weighted by Crippen LogP contribution is -2.36. The van der Waals surface area contributed by atoms with Crippen LogP contribution in [0.5, 0.6) is 0 Å². The molecule has 2 saturated carbocycles. The van der Waals surface area contributed by atoms with Gasteiger partial charge < -0.3 is 10.2 Å². The van der Waals surface area contributed by atoms with Crippen molar-refractivity contribution in [1.29, 1.82) is 0 Å². The summed E-state index contributed by atoms with van der Waals surface area (Å²) in [6.07, 6.45) is 5.04. The van der Waals surface area contributed by atoms with Crippen molar-refractivity contribution >= 4 is 5.97 Å². The zero-order valence-electron chi connectivity index (χ0n) is 7.70. The summed E-state index contributed by atoms with van der Waals surface area (Å²) in [5.41, 5.74) is -0.627. The highest BCUT2D eigenvalue weighted by molar-refractivity contribution is 5.67. The highest BCUT2D eigenvalue weighted by Crippen LogP contribution is 2.51. The van der Waals surface area contributed by atoms with Gasteiger partial charge in [-0.2, -0.15) is 0 Å². The van der Waals surface area contributed by atoms with Gasteiger partial charge in [0.2, 0.25) is 0 Å². The van der Waals surface area contributed by atoms with Crippen molar-refractivity contribution in [3.8, 4) is 0 Å². The van der Waals surface area contributed by atoms with Crippen molar-refractivity contribution < 1.29 is 15.0 Å². The second kappa shape index (κ2) is 2.98. The van der Waals surface area contributed by atoms with Crippen LogP contribution in [0, 0.1) is 11.8 Å². The van der Waals surface area contributed by atoms with Crippen molar-refractivity contribution in [2.24, 2.45) is 11.8 Å². The Morgan fingerprint density at radius 2 is 2.15 bits per heavy atom. The smallest absolute Gasteiger partial charge is 0.303 e. The molecule has 2 fully saturated rings. The van der Waals surface area contributed by atoms with Crippen LogP contribution >= 0.6 is 0 Å². The van der Waals surface area contributed by atoms with Crippen LogP contribution in [-0.4, -0.2) is 21.8 Å². The first kappa shape index (κ1) is 9.00. The molecule has 2 N–H and O–H groups in total.